The Balaban J connectivity index is 1.31. The normalized spacial score (nSPS) is 27.9. The fourth-order valence-corrected chi connectivity index (χ4v) is 9.24. The number of rotatable bonds is 16. The van der Waals surface area contributed by atoms with Crippen LogP contribution in [0.2, 0.25) is 0 Å². The average molecular weight is 682 g/mol. The number of phenols is 1. The molecule has 1 aromatic carbocycles. The number of unbranched alkanes of at least 4 members (excludes halogenated alkanes) is 1. The molecular formula is C37H55N5O7. The summed E-state index contributed by atoms with van der Waals surface area (Å²) in [6, 6.07) is 2.33. The number of nitrogens with one attached hydrogen (secondary N) is 3. The van der Waals surface area contributed by atoms with Crippen LogP contribution in [-0.2, 0) is 30.4 Å². The summed E-state index contributed by atoms with van der Waals surface area (Å²) in [4.78, 5) is 69.3. The fourth-order valence-electron chi connectivity index (χ4n) is 9.24. The van der Waals surface area contributed by atoms with E-state index in [1.165, 1.54) is 36.3 Å². The summed E-state index contributed by atoms with van der Waals surface area (Å²) >= 11 is 0. The van der Waals surface area contributed by atoms with E-state index in [1.807, 2.05) is 6.92 Å². The van der Waals surface area contributed by atoms with Crippen molar-refractivity contribution >= 4 is 29.6 Å². The van der Waals surface area contributed by atoms with Crippen LogP contribution in [-0.4, -0.2) is 82.0 Å². The van der Waals surface area contributed by atoms with Crippen LogP contribution < -0.4 is 21.7 Å². The fraction of sp³-hybridized carbons (Fsp3) is 0.703. The highest BCUT2D eigenvalue weighted by molar-refractivity contribution is 5.96. The van der Waals surface area contributed by atoms with Crippen LogP contribution in [0, 0.1) is 29.1 Å². The van der Waals surface area contributed by atoms with Crippen molar-refractivity contribution in [3.8, 4) is 5.75 Å². The third-order valence-electron chi connectivity index (χ3n) is 11.7. The molecule has 7 N–H and O–H groups in total. The van der Waals surface area contributed by atoms with Gasteiger partial charge in [0.25, 0.3) is 0 Å². The molecule has 270 valence electrons. The van der Waals surface area contributed by atoms with Crippen molar-refractivity contribution in [1.29, 1.82) is 0 Å². The Morgan fingerprint density at radius 2 is 1.57 bits per heavy atom. The van der Waals surface area contributed by atoms with Crippen LogP contribution in [0.3, 0.4) is 0 Å². The first-order chi connectivity index (χ1) is 23.4. The molecule has 12 nitrogen and oxygen atoms in total. The quantitative estimate of drug-likeness (QED) is 0.144. The minimum atomic E-state index is -1.17. The van der Waals surface area contributed by atoms with Gasteiger partial charge in [0.1, 0.15) is 29.9 Å². The number of aliphatic carboxylic acids is 1. The summed E-state index contributed by atoms with van der Waals surface area (Å²) in [6.45, 7) is 4.40. The molecule has 12 heteroatoms. The topological polar surface area (TPSA) is 191 Å². The van der Waals surface area contributed by atoms with E-state index < -0.39 is 47.4 Å². The highest BCUT2D eigenvalue weighted by Gasteiger charge is 2.55. The van der Waals surface area contributed by atoms with E-state index in [9.17, 15) is 34.2 Å². The number of nitrogens with zero attached hydrogens (tertiary/aromatic N) is 1. The third-order valence-corrected chi connectivity index (χ3v) is 11.7. The second-order valence-electron chi connectivity index (χ2n) is 15.3. The molecule has 6 rings (SSSR count). The zero-order chi connectivity index (χ0) is 35.3. The van der Waals surface area contributed by atoms with E-state index in [0.717, 1.165) is 19.3 Å². The molecule has 5 atom stereocenters. The number of carboxylic acids is 1. The van der Waals surface area contributed by atoms with Gasteiger partial charge in [-0.25, -0.2) is 4.79 Å². The second kappa shape index (κ2) is 15.9. The molecule has 1 aliphatic heterocycles. The van der Waals surface area contributed by atoms with Crippen LogP contribution in [0.25, 0.3) is 0 Å². The lowest BCUT2D eigenvalue weighted by atomic mass is 9.49. The van der Waals surface area contributed by atoms with Gasteiger partial charge in [0.05, 0.1) is 0 Å². The van der Waals surface area contributed by atoms with E-state index in [-0.39, 0.29) is 29.9 Å². The van der Waals surface area contributed by atoms with Gasteiger partial charge in [-0.05, 0) is 119 Å². The van der Waals surface area contributed by atoms with Crippen molar-refractivity contribution in [1.82, 2.24) is 20.9 Å². The number of benzene rings is 1. The molecule has 1 aromatic rings. The molecule has 4 bridgehead atoms. The van der Waals surface area contributed by atoms with Crippen molar-refractivity contribution in [3.05, 3.63) is 29.8 Å². The first-order valence-electron chi connectivity index (χ1n) is 18.4. The Morgan fingerprint density at radius 1 is 0.939 bits per heavy atom. The zero-order valence-corrected chi connectivity index (χ0v) is 29.0. The van der Waals surface area contributed by atoms with Gasteiger partial charge in [-0.2, -0.15) is 0 Å². The SMILES string of the molecule is CC[C@H](C)[C@H](NC(=O)[C@H](Cc1ccc(O)cc1)NC(=O)[C@@H]1CCCN1C(=O)[C@H](CCCCN)NC(=O)C12CC3CC(CC(C3)C1)C2)C(=O)O. The number of hydrogen-bond acceptors (Lipinski definition) is 7. The maximum absolute atomic E-state index is 14.2. The minimum absolute atomic E-state index is 0.0298. The summed E-state index contributed by atoms with van der Waals surface area (Å²) in [7, 11) is 0. The Hall–Kier alpha value is -3.67. The maximum Gasteiger partial charge on any atom is 0.326 e. The number of aromatic hydroxyl groups is 1. The van der Waals surface area contributed by atoms with E-state index in [4.69, 9.17) is 5.73 Å². The van der Waals surface area contributed by atoms with Gasteiger partial charge >= 0.3 is 5.97 Å². The molecule has 1 saturated heterocycles. The number of hydrogen-bond donors (Lipinski definition) is 6. The van der Waals surface area contributed by atoms with Gasteiger partial charge in [-0.15, -0.1) is 0 Å². The smallest absolute Gasteiger partial charge is 0.326 e. The van der Waals surface area contributed by atoms with Crippen LogP contribution in [0.1, 0.15) is 96.5 Å². The molecule has 5 aliphatic rings. The number of carboxylic acid groups (broad SMARTS) is 1. The van der Waals surface area contributed by atoms with Gasteiger partial charge in [0.2, 0.25) is 23.6 Å². The summed E-state index contributed by atoms with van der Waals surface area (Å²) in [5, 5.41) is 28.2. The van der Waals surface area contributed by atoms with Crippen molar-refractivity contribution in [3.63, 3.8) is 0 Å². The number of amides is 4. The predicted octanol–water partition coefficient (Wildman–Crippen LogP) is 2.86. The van der Waals surface area contributed by atoms with Crippen LogP contribution in [0.4, 0.5) is 0 Å². The monoisotopic (exact) mass is 681 g/mol. The lowest BCUT2D eigenvalue weighted by Crippen LogP contribution is -2.60. The Morgan fingerprint density at radius 3 is 2.14 bits per heavy atom. The minimum Gasteiger partial charge on any atom is -0.508 e. The van der Waals surface area contributed by atoms with Gasteiger partial charge in [-0.1, -0.05) is 32.4 Å². The van der Waals surface area contributed by atoms with Gasteiger partial charge < -0.3 is 36.8 Å². The molecule has 0 radical (unpaired) electrons. The Bertz CT molecular complexity index is 1330. The standard InChI is InChI=1S/C37H55N5O7/c1-3-22(2)31(35(47)48)41-32(44)29(18-23-9-11-27(43)12-10-23)39-33(45)30-8-6-14-42(30)34(46)28(7-4-5-13-38)40-36(49)37-19-24-15-25(20-37)17-26(16-24)21-37/h9-12,22,24-26,28-31,43H,3-8,13-21,38H2,1-2H3,(H,39,45)(H,40,49)(H,41,44)(H,47,48)/t22-,24?,25?,26?,28-,29-,30-,31-,37?/m0/s1. The van der Waals surface area contributed by atoms with Gasteiger partial charge in [0, 0.05) is 18.4 Å². The van der Waals surface area contributed by atoms with Crippen LogP contribution in [0.15, 0.2) is 24.3 Å². The average Bonchev–Trinajstić information content (AvgIpc) is 3.56. The number of phenolic OH excluding ortho intramolecular Hbond substituents is 1. The largest absolute Gasteiger partial charge is 0.508 e. The molecule has 4 aliphatic carbocycles. The lowest BCUT2D eigenvalue weighted by Gasteiger charge is -2.55. The maximum atomic E-state index is 14.2. The predicted molar refractivity (Wildman–Crippen MR) is 183 cm³/mol. The molecule has 0 aromatic heterocycles. The molecule has 4 saturated carbocycles. The number of likely N-dealkylation sites (tertiary alicyclic amines) is 1. The second-order valence-corrected chi connectivity index (χ2v) is 15.3. The summed E-state index contributed by atoms with van der Waals surface area (Å²) in [5.74, 6) is -1.20. The summed E-state index contributed by atoms with van der Waals surface area (Å²) < 4.78 is 0. The van der Waals surface area contributed by atoms with Crippen molar-refractivity contribution < 1.29 is 34.2 Å². The van der Waals surface area contributed by atoms with Crippen molar-refractivity contribution in [2.24, 2.45) is 34.8 Å². The molecule has 0 spiro atoms. The van der Waals surface area contributed by atoms with Gasteiger partial charge in [0.15, 0.2) is 0 Å². The molecule has 4 amide bonds. The van der Waals surface area contributed by atoms with Gasteiger partial charge in [-0.3, -0.25) is 19.2 Å². The molecule has 49 heavy (non-hydrogen) atoms. The third kappa shape index (κ3) is 8.56. The molecule has 0 unspecified atom stereocenters. The van der Waals surface area contributed by atoms with Crippen LogP contribution in [0.5, 0.6) is 5.75 Å². The highest BCUT2D eigenvalue weighted by Crippen LogP contribution is 2.60. The molecule has 5 fully saturated rings. The molecular weight excluding hydrogens is 626 g/mol. The number of carbonyl (C=O) groups is 5. The Labute approximate surface area is 289 Å². The van der Waals surface area contributed by atoms with E-state index in [0.29, 0.717) is 74.9 Å². The first-order valence-corrected chi connectivity index (χ1v) is 18.4. The highest BCUT2D eigenvalue weighted by atomic mass is 16.4. The van der Waals surface area contributed by atoms with E-state index in [2.05, 4.69) is 16.0 Å². The summed E-state index contributed by atoms with van der Waals surface area (Å²) in [6.07, 6.45) is 9.62. The van der Waals surface area contributed by atoms with E-state index in [1.54, 1.807) is 19.1 Å². The van der Waals surface area contributed by atoms with E-state index >= 15 is 0 Å². The van der Waals surface area contributed by atoms with Crippen LogP contribution >= 0.6 is 0 Å². The van der Waals surface area contributed by atoms with Crippen molar-refractivity contribution in [2.45, 2.75) is 121 Å². The number of carbonyl (C=O) groups excluding carboxylic acids is 4. The first kappa shape index (κ1) is 36.6. The number of nitrogens with two attached hydrogens (primary N) is 1. The molecule has 1 heterocycles. The Kier molecular flexibility index (Phi) is 11.9. The van der Waals surface area contributed by atoms with Crippen molar-refractivity contribution in [2.75, 3.05) is 13.1 Å². The summed E-state index contributed by atoms with van der Waals surface area (Å²) in [5.41, 5.74) is 6.01. The zero-order valence-electron chi connectivity index (χ0n) is 29.0. The lowest BCUT2D eigenvalue weighted by molar-refractivity contribution is -0.150.